The Labute approximate surface area is 153 Å². The lowest BCUT2D eigenvalue weighted by Gasteiger charge is -2.13. The lowest BCUT2D eigenvalue weighted by molar-refractivity contribution is -0.137. The molecule has 3 rings (SSSR count). The molecule has 0 radical (unpaired) electrons. The normalized spacial score (nSPS) is 15.1. The number of benzene rings is 1. The van der Waals surface area contributed by atoms with E-state index >= 15 is 0 Å². The van der Waals surface area contributed by atoms with E-state index in [1.54, 1.807) is 0 Å². The molecule has 0 unspecified atom stereocenters. The van der Waals surface area contributed by atoms with Crippen LogP contribution in [0.3, 0.4) is 0 Å². The number of hydrogen-bond acceptors (Lipinski definition) is 4. The van der Waals surface area contributed by atoms with Gasteiger partial charge in [-0.05, 0) is 37.1 Å². The summed E-state index contributed by atoms with van der Waals surface area (Å²) in [5.74, 6) is -0.345. The fraction of sp³-hybridized carbons (Fsp3) is 0.353. The van der Waals surface area contributed by atoms with E-state index in [-0.39, 0.29) is 34.3 Å². The zero-order chi connectivity index (χ0) is 18.7. The van der Waals surface area contributed by atoms with Gasteiger partial charge in [0.15, 0.2) is 0 Å². The molecule has 138 valence electrons. The smallest absolute Gasteiger partial charge is 0.348 e. The summed E-state index contributed by atoms with van der Waals surface area (Å²) in [5, 5.41) is 5.62. The third-order valence-corrected chi connectivity index (χ3v) is 4.45. The number of rotatable bonds is 4. The van der Waals surface area contributed by atoms with Crippen molar-refractivity contribution in [3.05, 3.63) is 46.7 Å². The van der Waals surface area contributed by atoms with Crippen molar-refractivity contribution in [1.82, 2.24) is 15.3 Å². The number of carbonyl (C=O) groups is 1. The number of amides is 1. The molecule has 1 aliphatic carbocycles. The van der Waals surface area contributed by atoms with E-state index in [1.165, 1.54) is 12.3 Å². The lowest BCUT2D eigenvalue weighted by atomic mass is 10.2. The number of nitrogens with zero attached hydrogens (tertiary/aromatic N) is 2. The predicted octanol–water partition coefficient (Wildman–Crippen LogP) is 4.56. The van der Waals surface area contributed by atoms with Crippen LogP contribution in [0.1, 0.15) is 41.7 Å². The van der Waals surface area contributed by atoms with E-state index in [4.69, 9.17) is 11.6 Å². The van der Waals surface area contributed by atoms with Crippen LogP contribution in [0.15, 0.2) is 30.5 Å². The summed E-state index contributed by atoms with van der Waals surface area (Å²) in [6, 6.07) is 4.48. The van der Waals surface area contributed by atoms with Crippen molar-refractivity contribution in [2.75, 3.05) is 5.32 Å². The van der Waals surface area contributed by atoms with Crippen molar-refractivity contribution in [3.63, 3.8) is 0 Å². The summed E-state index contributed by atoms with van der Waals surface area (Å²) in [6.45, 7) is 0. The molecule has 2 aromatic rings. The molecule has 1 amide bonds. The maximum atomic E-state index is 12.8. The molecule has 0 aliphatic heterocycles. The molecule has 9 heteroatoms. The lowest BCUT2D eigenvalue weighted by Crippen LogP contribution is -2.33. The zero-order valence-electron chi connectivity index (χ0n) is 13.6. The van der Waals surface area contributed by atoms with Gasteiger partial charge in [0.05, 0.1) is 16.3 Å². The standard InChI is InChI=1S/C17H16ClF3N4O/c18-12-6-5-10(17(19,20)21)9-14(12)25-16-22-8-7-13(24-16)15(26)23-11-3-1-2-4-11/h5-9,11H,1-4H2,(H,23,26)(H,22,24,25). The summed E-state index contributed by atoms with van der Waals surface area (Å²) < 4.78 is 38.5. The molecular weight excluding hydrogens is 369 g/mol. The van der Waals surface area contributed by atoms with E-state index in [0.29, 0.717) is 0 Å². The van der Waals surface area contributed by atoms with Gasteiger partial charge < -0.3 is 10.6 Å². The van der Waals surface area contributed by atoms with Gasteiger partial charge in [-0.3, -0.25) is 4.79 Å². The monoisotopic (exact) mass is 384 g/mol. The van der Waals surface area contributed by atoms with Crippen molar-refractivity contribution in [2.45, 2.75) is 37.9 Å². The van der Waals surface area contributed by atoms with Crippen LogP contribution in [0.5, 0.6) is 0 Å². The summed E-state index contributed by atoms with van der Waals surface area (Å²) >= 11 is 5.95. The molecule has 0 atom stereocenters. The second-order valence-electron chi connectivity index (χ2n) is 6.04. The molecule has 1 fully saturated rings. The van der Waals surface area contributed by atoms with Crippen LogP contribution in [0, 0.1) is 0 Å². The van der Waals surface area contributed by atoms with E-state index in [1.807, 2.05) is 0 Å². The van der Waals surface area contributed by atoms with Crippen LogP contribution in [0.4, 0.5) is 24.8 Å². The Morgan fingerprint density at radius 1 is 1.19 bits per heavy atom. The number of aromatic nitrogens is 2. The Bertz CT molecular complexity index is 807. The molecule has 0 spiro atoms. The first-order chi connectivity index (χ1) is 12.3. The van der Waals surface area contributed by atoms with Gasteiger partial charge in [-0.15, -0.1) is 0 Å². The Morgan fingerprint density at radius 3 is 2.62 bits per heavy atom. The number of nitrogens with one attached hydrogen (secondary N) is 2. The van der Waals surface area contributed by atoms with Crippen LogP contribution in [0.2, 0.25) is 5.02 Å². The van der Waals surface area contributed by atoms with Gasteiger partial charge in [0.25, 0.3) is 5.91 Å². The van der Waals surface area contributed by atoms with E-state index < -0.39 is 11.7 Å². The molecule has 1 aromatic heterocycles. The molecule has 0 bridgehead atoms. The van der Waals surface area contributed by atoms with Crippen LogP contribution < -0.4 is 10.6 Å². The fourth-order valence-electron chi connectivity index (χ4n) is 2.79. The highest BCUT2D eigenvalue weighted by Crippen LogP contribution is 2.34. The number of carbonyl (C=O) groups excluding carboxylic acids is 1. The molecule has 2 N–H and O–H groups in total. The number of hydrogen-bond donors (Lipinski definition) is 2. The number of alkyl halides is 3. The minimum Gasteiger partial charge on any atom is -0.348 e. The van der Waals surface area contributed by atoms with Gasteiger partial charge in [0.2, 0.25) is 5.95 Å². The van der Waals surface area contributed by atoms with Gasteiger partial charge in [-0.25, -0.2) is 9.97 Å². The second kappa shape index (κ2) is 7.49. The Balaban J connectivity index is 1.77. The molecule has 1 saturated carbocycles. The summed E-state index contributed by atoms with van der Waals surface area (Å²) in [6.07, 6.45) is 0.889. The molecule has 1 aliphatic rings. The predicted molar refractivity (Wildman–Crippen MR) is 91.5 cm³/mol. The molecular formula is C17H16ClF3N4O. The maximum Gasteiger partial charge on any atom is 0.416 e. The van der Waals surface area contributed by atoms with E-state index in [2.05, 4.69) is 20.6 Å². The Hall–Kier alpha value is -2.35. The fourth-order valence-corrected chi connectivity index (χ4v) is 2.96. The van der Waals surface area contributed by atoms with E-state index in [9.17, 15) is 18.0 Å². The first-order valence-corrected chi connectivity index (χ1v) is 8.48. The second-order valence-corrected chi connectivity index (χ2v) is 6.44. The van der Waals surface area contributed by atoms with Gasteiger partial charge in [-0.2, -0.15) is 13.2 Å². The highest BCUT2D eigenvalue weighted by molar-refractivity contribution is 6.33. The first kappa shape index (κ1) is 18.4. The third-order valence-electron chi connectivity index (χ3n) is 4.12. The minimum atomic E-state index is -4.50. The average molecular weight is 385 g/mol. The summed E-state index contributed by atoms with van der Waals surface area (Å²) in [7, 11) is 0. The van der Waals surface area contributed by atoms with Gasteiger partial charge in [0, 0.05) is 12.2 Å². The molecule has 1 heterocycles. The van der Waals surface area contributed by atoms with Gasteiger partial charge in [-0.1, -0.05) is 24.4 Å². The number of halogens is 4. The average Bonchev–Trinajstić information content (AvgIpc) is 3.09. The van der Waals surface area contributed by atoms with Crippen LogP contribution in [0.25, 0.3) is 0 Å². The molecule has 1 aromatic carbocycles. The highest BCUT2D eigenvalue weighted by Gasteiger charge is 2.31. The van der Waals surface area contributed by atoms with Crippen LogP contribution >= 0.6 is 11.6 Å². The quantitative estimate of drug-likeness (QED) is 0.810. The third kappa shape index (κ3) is 4.43. The Morgan fingerprint density at radius 2 is 1.92 bits per heavy atom. The first-order valence-electron chi connectivity index (χ1n) is 8.10. The van der Waals surface area contributed by atoms with Gasteiger partial charge in [0.1, 0.15) is 5.69 Å². The van der Waals surface area contributed by atoms with Crippen molar-refractivity contribution < 1.29 is 18.0 Å². The maximum absolute atomic E-state index is 12.8. The number of anilines is 2. The van der Waals surface area contributed by atoms with Crippen molar-refractivity contribution >= 4 is 29.1 Å². The summed E-state index contributed by atoms with van der Waals surface area (Å²) in [5.41, 5.74) is -0.702. The van der Waals surface area contributed by atoms with Crippen LogP contribution in [-0.4, -0.2) is 21.9 Å². The molecule has 0 saturated heterocycles. The minimum absolute atomic E-state index is 0.00898. The van der Waals surface area contributed by atoms with Crippen molar-refractivity contribution in [2.24, 2.45) is 0 Å². The molecule has 5 nitrogen and oxygen atoms in total. The van der Waals surface area contributed by atoms with Crippen molar-refractivity contribution in [1.29, 1.82) is 0 Å². The SMILES string of the molecule is O=C(NC1CCCC1)c1ccnc(Nc2cc(C(F)(F)F)ccc2Cl)n1. The Kier molecular flexibility index (Phi) is 5.31. The summed E-state index contributed by atoms with van der Waals surface area (Å²) in [4.78, 5) is 20.3. The van der Waals surface area contributed by atoms with Gasteiger partial charge >= 0.3 is 6.18 Å². The van der Waals surface area contributed by atoms with Crippen LogP contribution in [-0.2, 0) is 6.18 Å². The topological polar surface area (TPSA) is 66.9 Å². The van der Waals surface area contributed by atoms with E-state index in [0.717, 1.165) is 43.9 Å². The zero-order valence-corrected chi connectivity index (χ0v) is 14.4. The highest BCUT2D eigenvalue weighted by atomic mass is 35.5. The largest absolute Gasteiger partial charge is 0.416 e. The van der Waals surface area contributed by atoms with Crippen molar-refractivity contribution in [3.8, 4) is 0 Å². The molecule has 26 heavy (non-hydrogen) atoms.